The quantitative estimate of drug-likeness (QED) is 0.135. The van der Waals surface area contributed by atoms with Gasteiger partial charge in [0, 0.05) is 120 Å². The minimum Gasteiger partial charge on any atom is -0.457 e. The molecule has 16 heteroatoms. The normalized spacial score (nSPS) is 20.9. The van der Waals surface area contributed by atoms with Crippen LogP contribution in [0.2, 0.25) is 0 Å². The predicted molar refractivity (Wildman–Crippen MR) is 295 cm³/mol. The lowest BCUT2D eigenvalue weighted by atomic mass is 9.72. The van der Waals surface area contributed by atoms with E-state index in [1.165, 1.54) is 10.9 Å². The molecule has 6 aliphatic heterocycles. The van der Waals surface area contributed by atoms with Gasteiger partial charge in [0.1, 0.15) is 29.3 Å². The third kappa shape index (κ3) is 10.5. The van der Waals surface area contributed by atoms with Gasteiger partial charge in [0.25, 0.3) is 5.91 Å². The van der Waals surface area contributed by atoms with Crippen LogP contribution < -0.4 is 35.0 Å². The Morgan fingerprint density at radius 1 is 0.649 bits per heavy atom. The molecule has 0 unspecified atom stereocenters. The first-order valence-corrected chi connectivity index (χ1v) is 27.4. The number of nitrogens with zero attached hydrogens (tertiary/aromatic N) is 7. The third-order valence-electron chi connectivity index (χ3n) is 17.4. The number of carbonyl (C=O) groups excluding carboxylic acids is 4. The van der Waals surface area contributed by atoms with Crippen molar-refractivity contribution in [2.75, 3.05) is 86.3 Å². The molecule has 0 aliphatic carbocycles. The molecule has 8 heterocycles. The molecular formula is C61H67N9O7. The van der Waals surface area contributed by atoms with Gasteiger partial charge in [0.05, 0.1) is 6.20 Å². The molecule has 4 amide bonds. The average Bonchev–Trinajstić information content (AvgIpc) is 3.90. The number of rotatable bonds is 10. The highest BCUT2D eigenvalue weighted by Crippen LogP contribution is 2.45. The number of aryl methyl sites for hydroxylation is 2. The SMILES string of the molecule is CN1C(=O)[C@@H](NC(=O)n2cc(Cc3cccc(-c4cccc(Oc5ccnc(C(=O)N[C@@H]6CCc7ccc(N8CCC9(CCOCC9)CC8)cc7N(C)C6=O)c5)c4)c3)cn2)CCc2ccc(N3CC4(CCOCC4)C3)cc21. The van der Waals surface area contributed by atoms with Crippen LogP contribution in [0.15, 0.2) is 116 Å². The molecule has 12 rings (SSSR count). The van der Waals surface area contributed by atoms with Crippen molar-refractivity contribution >= 4 is 46.5 Å². The Balaban J connectivity index is 0.641. The Bertz CT molecular complexity index is 3200. The number of amides is 4. The third-order valence-corrected chi connectivity index (χ3v) is 17.4. The van der Waals surface area contributed by atoms with E-state index in [9.17, 15) is 19.2 Å². The first-order valence-electron chi connectivity index (χ1n) is 27.4. The molecule has 4 saturated heterocycles. The predicted octanol–water partition coefficient (Wildman–Crippen LogP) is 8.59. The molecular weight excluding hydrogens is 971 g/mol. The number of hydrogen-bond acceptors (Lipinski definition) is 11. The molecule has 2 aromatic heterocycles. The van der Waals surface area contributed by atoms with Gasteiger partial charge in [-0.05, 0) is 145 Å². The molecule has 4 fully saturated rings. The van der Waals surface area contributed by atoms with Gasteiger partial charge in [-0.15, -0.1) is 0 Å². The Morgan fingerprint density at radius 3 is 1.92 bits per heavy atom. The number of aromatic nitrogens is 3. The second kappa shape index (κ2) is 21.1. The molecule has 0 bridgehead atoms. The van der Waals surface area contributed by atoms with Crippen molar-refractivity contribution in [1.29, 1.82) is 0 Å². The number of fused-ring (bicyclic) bond motifs is 2. The van der Waals surface area contributed by atoms with E-state index in [0.717, 1.165) is 147 Å². The minimum absolute atomic E-state index is 0.149. The number of likely N-dealkylation sites (N-methyl/N-ethyl adjacent to an activating group) is 2. The Morgan fingerprint density at radius 2 is 1.25 bits per heavy atom. The summed E-state index contributed by atoms with van der Waals surface area (Å²) in [5.41, 5.74) is 10.8. The molecule has 6 aliphatic rings. The van der Waals surface area contributed by atoms with Crippen LogP contribution in [0.1, 0.15) is 84.1 Å². The van der Waals surface area contributed by atoms with Crippen molar-refractivity contribution in [3.8, 4) is 22.6 Å². The van der Waals surface area contributed by atoms with Gasteiger partial charge in [0.2, 0.25) is 11.8 Å². The molecule has 6 aromatic rings. The highest BCUT2D eigenvalue weighted by atomic mass is 16.5. The van der Waals surface area contributed by atoms with E-state index in [1.807, 2.05) is 42.5 Å². The number of benzene rings is 4. The van der Waals surface area contributed by atoms with E-state index in [4.69, 9.17) is 14.2 Å². The van der Waals surface area contributed by atoms with Crippen LogP contribution in [0.3, 0.4) is 0 Å². The number of ether oxygens (including phenoxy) is 3. The second-order valence-electron chi connectivity index (χ2n) is 22.3. The second-order valence-corrected chi connectivity index (χ2v) is 22.3. The monoisotopic (exact) mass is 1040 g/mol. The van der Waals surface area contributed by atoms with Gasteiger partial charge in [-0.25, -0.2) is 4.79 Å². The zero-order valence-electron chi connectivity index (χ0n) is 44.0. The maximum atomic E-state index is 13.9. The summed E-state index contributed by atoms with van der Waals surface area (Å²) < 4.78 is 18.8. The maximum absolute atomic E-state index is 13.9. The van der Waals surface area contributed by atoms with E-state index < -0.39 is 24.0 Å². The topological polar surface area (TPSA) is 164 Å². The van der Waals surface area contributed by atoms with Crippen molar-refractivity contribution in [3.63, 3.8) is 0 Å². The van der Waals surface area contributed by atoms with E-state index in [1.54, 1.807) is 48.4 Å². The van der Waals surface area contributed by atoms with Gasteiger partial charge >= 0.3 is 6.03 Å². The maximum Gasteiger partial charge on any atom is 0.342 e. The van der Waals surface area contributed by atoms with Crippen LogP contribution in [0, 0.1) is 10.8 Å². The summed E-state index contributed by atoms with van der Waals surface area (Å²) in [7, 11) is 3.59. The fraction of sp³-hybridized carbons (Fsp3) is 0.410. The smallest absolute Gasteiger partial charge is 0.342 e. The van der Waals surface area contributed by atoms with E-state index >= 15 is 0 Å². The number of carbonyl (C=O) groups is 4. The number of pyridine rings is 1. The highest BCUT2D eigenvalue weighted by Gasteiger charge is 2.44. The molecule has 398 valence electrons. The summed E-state index contributed by atoms with van der Waals surface area (Å²) in [6.45, 7) is 7.37. The number of anilines is 4. The standard InChI is InChI=1S/C61H67N9O7/c1-66-54-34-47(68-25-18-60(19-26-68)20-27-75-28-21-60)13-9-43(54)11-15-51(57(66)72)64-56(71)53-36-50(17-24-62-53)77-49-8-4-7-46(33-49)45-6-3-5-41(32-45)31-42-37-63-70(38-42)59(74)65-52-16-12-44-10-14-48(35-55(44)67(2)58(52)73)69-39-61(40-69)22-29-76-30-23-61/h3-10,13-14,17,24,32-38,51-52H,11-12,15-16,18-23,25-31,39-40H2,1-2H3,(H,64,71)(H,65,74)/t51-,52+/m1/s1. The highest BCUT2D eigenvalue weighted by molar-refractivity contribution is 6.03. The van der Waals surface area contributed by atoms with Gasteiger partial charge in [-0.3, -0.25) is 19.4 Å². The fourth-order valence-corrected chi connectivity index (χ4v) is 12.6. The average molecular weight is 1040 g/mol. The first kappa shape index (κ1) is 50.3. The molecule has 2 atom stereocenters. The summed E-state index contributed by atoms with van der Waals surface area (Å²) in [6.07, 6.45) is 14.5. The number of hydrogen-bond donors (Lipinski definition) is 2. The summed E-state index contributed by atoms with van der Waals surface area (Å²) in [5.74, 6) is 0.242. The molecule has 0 radical (unpaired) electrons. The van der Waals surface area contributed by atoms with Crippen LogP contribution >= 0.6 is 0 Å². The van der Waals surface area contributed by atoms with Gasteiger partial charge in [-0.1, -0.05) is 48.5 Å². The largest absolute Gasteiger partial charge is 0.457 e. The zero-order valence-corrected chi connectivity index (χ0v) is 44.0. The fourth-order valence-electron chi connectivity index (χ4n) is 12.6. The zero-order chi connectivity index (χ0) is 52.7. The van der Waals surface area contributed by atoms with E-state index in [2.05, 4.69) is 73.0 Å². The van der Waals surface area contributed by atoms with Crippen molar-refractivity contribution in [2.24, 2.45) is 10.8 Å². The summed E-state index contributed by atoms with van der Waals surface area (Å²) in [5, 5.41) is 10.3. The van der Waals surface area contributed by atoms with Crippen LogP contribution in [0.5, 0.6) is 11.5 Å². The lowest BCUT2D eigenvalue weighted by Crippen LogP contribution is -2.58. The molecule has 2 spiro atoms. The first-order chi connectivity index (χ1) is 37.5. The summed E-state index contributed by atoms with van der Waals surface area (Å²) >= 11 is 0. The van der Waals surface area contributed by atoms with Crippen molar-refractivity contribution in [2.45, 2.75) is 82.7 Å². The van der Waals surface area contributed by atoms with Crippen LogP contribution in [0.25, 0.3) is 11.1 Å². The molecule has 16 nitrogen and oxygen atoms in total. The van der Waals surface area contributed by atoms with Gasteiger partial charge in [0.15, 0.2) is 0 Å². The Labute approximate surface area is 449 Å². The lowest BCUT2D eigenvalue weighted by Gasteiger charge is -2.53. The number of piperidine rings is 1. The molecule has 4 aromatic carbocycles. The molecule has 2 N–H and O–H groups in total. The lowest BCUT2D eigenvalue weighted by molar-refractivity contribution is -0.120. The van der Waals surface area contributed by atoms with E-state index in [0.29, 0.717) is 54.4 Å². The van der Waals surface area contributed by atoms with Crippen molar-refractivity contribution in [1.82, 2.24) is 25.4 Å². The van der Waals surface area contributed by atoms with Crippen molar-refractivity contribution < 1.29 is 33.4 Å². The molecule has 77 heavy (non-hydrogen) atoms. The van der Waals surface area contributed by atoms with Crippen molar-refractivity contribution in [3.05, 3.63) is 144 Å². The minimum atomic E-state index is -0.720. The van der Waals surface area contributed by atoms with Crippen LogP contribution in [-0.2, 0) is 38.3 Å². The Hall–Kier alpha value is -7.56. The molecule has 0 saturated carbocycles. The summed E-state index contributed by atoms with van der Waals surface area (Å²) in [4.78, 5) is 67.7. The van der Waals surface area contributed by atoms with Crippen LogP contribution in [-0.4, -0.2) is 117 Å². The van der Waals surface area contributed by atoms with Gasteiger partial charge in [-0.2, -0.15) is 9.78 Å². The van der Waals surface area contributed by atoms with E-state index in [-0.39, 0.29) is 17.5 Å². The number of nitrogens with one attached hydrogen (secondary N) is 2. The van der Waals surface area contributed by atoms with Gasteiger partial charge < -0.3 is 44.4 Å². The summed E-state index contributed by atoms with van der Waals surface area (Å²) in [6, 6.07) is 30.2. The van der Waals surface area contributed by atoms with Crippen LogP contribution in [0.4, 0.5) is 27.5 Å². The Kier molecular flexibility index (Phi) is 13.8.